The van der Waals surface area contributed by atoms with Gasteiger partial charge in [-0.3, -0.25) is 0 Å². The predicted molar refractivity (Wildman–Crippen MR) is 65.5 cm³/mol. The number of carbonyl (C=O) groups is 1. The Morgan fingerprint density at radius 3 is 3.13 bits per heavy atom. The molecule has 0 saturated carbocycles. The number of carbonyl (C=O) groups excluding carboxylic acids is 1. The number of halogens is 1. The Bertz CT molecular complexity index is 383. The Balaban J connectivity index is 2.33. The van der Waals surface area contributed by atoms with Gasteiger partial charge in [-0.05, 0) is 37.1 Å². The Morgan fingerprint density at radius 1 is 1.60 bits per heavy atom. The molecule has 0 aromatic heterocycles. The fourth-order valence-electron chi connectivity index (χ4n) is 2.13. The summed E-state index contributed by atoms with van der Waals surface area (Å²) in [6.07, 6.45) is 1.85. The van der Waals surface area contributed by atoms with Crippen LogP contribution in [-0.2, 0) is 11.2 Å². The summed E-state index contributed by atoms with van der Waals surface area (Å²) in [5.74, 6) is 0. The molecule has 0 aliphatic carbocycles. The van der Waals surface area contributed by atoms with Crippen molar-refractivity contribution in [1.82, 2.24) is 4.81 Å². The lowest BCUT2D eigenvalue weighted by atomic mass is 9.84. The van der Waals surface area contributed by atoms with Crippen molar-refractivity contribution >= 4 is 29.5 Å². The van der Waals surface area contributed by atoms with Crippen molar-refractivity contribution in [3.63, 3.8) is 0 Å². The van der Waals surface area contributed by atoms with Crippen LogP contribution in [0.3, 0.4) is 0 Å². The molecule has 0 fully saturated rings. The van der Waals surface area contributed by atoms with Gasteiger partial charge in [0.05, 0.1) is 6.19 Å². The van der Waals surface area contributed by atoms with Gasteiger partial charge in [0.2, 0.25) is 0 Å². The van der Waals surface area contributed by atoms with Gasteiger partial charge < -0.3 is 9.61 Å². The molecule has 0 N–H and O–H groups in total. The summed E-state index contributed by atoms with van der Waals surface area (Å²) >= 11 is 3.57. The quantitative estimate of drug-likeness (QED) is 0.603. The minimum absolute atomic E-state index is 0.288. The Hall–Kier alpha value is -0.605. The maximum atomic E-state index is 10.5. The fourth-order valence-corrected chi connectivity index (χ4v) is 2.71. The smallest absolute Gasteiger partial charge is 0.293 e. The molecule has 1 aliphatic heterocycles. The summed E-state index contributed by atoms with van der Waals surface area (Å²) in [7, 11) is 1.63. The Morgan fingerprint density at radius 2 is 2.40 bits per heavy atom. The van der Waals surface area contributed by atoms with E-state index in [0.717, 1.165) is 19.2 Å². The largest absolute Gasteiger partial charge is 0.333 e. The van der Waals surface area contributed by atoms with Crippen molar-refractivity contribution in [2.45, 2.75) is 19.4 Å². The first-order valence-electron chi connectivity index (χ1n) is 5.05. The summed E-state index contributed by atoms with van der Waals surface area (Å²) < 4.78 is 1.18. The molecule has 77 valence electrons. The number of nitrogens with zero attached hydrogens (tertiary/aromatic N) is 1. The van der Waals surface area contributed by atoms with Crippen LogP contribution in [0, 0.1) is 0 Å². The van der Waals surface area contributed by atoms with Crippen LogP contribution < -0.4 is 0 Å². The van der Waals surface area contributed by atoms with Crippen LogP contribution in [0.2, 0.25) is 0 Å². The van der Waals surface area contributed by atoms with Gasteiger partial charge in [-0.15, -0.1) is 0 Å². The molecule has 1 aliphatic rings. The van der Waals surface area contributed by atoms with Gasteiger partial charge in [-0.1, -0.05) is 28.1 Å². The van der Waals surface area contributed by atoms with Gasteiger partial charge >= 0.3 is 0 Å². The van der Waals surface area contributed by atoms with Crippen LogP contribution in [0.15, 0.2) is 22.7 Å². The molecule has 2 nitrogen and oxygen atoms in total. The van der Waals surface area contributed by atoms with Crippen molar-refractivity contribution in [2.24, 2.45) is 0 Å². The lowest BCUT2D eigenvalue weighted by Crippen LogP contribution is -2.37. The van der Waals surface area contributed by atoms with Gasteiger partial charge in [0.15, 0.2) is 0 Å². The van der Waals surface area contributed by atoms with Gasteiger partial charge in [0, 0.05) is 10.5 Å². The lowest BCUT2D eigenvalue weighted by molar-refractivity contribution is 0.342. The first-order chi connectivity index (χ1) is 7.24. The third kappa shape index (κ3) is 2.01. The van der Waals surface area contributed by atoms with Crippen LogP contribution in [0.1, 0.15) is 24.1 Å². The highest BCUT2D eigenvalue weighted by Gasteiger charge is 2.24. The SMILES string of the molecule is C[C@@H]1c2cccc(Br)c2CCN1[B]C=O. The third-order valence-electron chi connectivity index (χ3n) is 2.97. The molecule has 0 bridgehead atoms. The topological polar surface area (TPSA) is 20.3 Å². The van der Waals surface area contributed by atoms with Crippen LogP contribution in [0.4, 0.5) is 0 Å². The lowest BCUT2D eigenvalue weighted by Gasteiger charge is -2.34. The summed E-state index contributed by atoms with van der Waals surface area (Å²) in [6.45, 7) is 3.04. The predicted octanol–water partition coefficient (Wildman–Crippen LogP) is 2.18. The standard InChI is InChI=1S/C11H12BBrNO/c1-8-9-3-2-4-11(13)10(9)5-6-14(8)12-7-15/h2-4,7-8H,5-6H2,1H3/t8-/m1/s1. The molecule has 1 radical (unpaired) electrons. The zero-order chi connectivity index (χ0) is 10.8. The highest BCUT2D eigenvalue weighted by atomic mass is 79.9. The molecule has 2 rings (SSSR count). The number of hydrogen-bond acceptors (Lipinski definition) is 2. The normalized spacial score (nSPS) is 20.8. The number of rotatable bonds is 2. The summed E-state index contributed by atoms with van der Waals surface area (Å²) in [6, 6.07) is 6.54. The third-order valence-corrected chi connectivity index (χ3v) is 3.72. The summed E-state index contributed by atoms with van der Waals surface area (Å²) in [4.78, 5) is 12.6. The second kappa shape index (κ2) is 4.50. The molecule has 0 spiro atoms. The number of hydrogen-bond donors (Lipinski definition) is 0. The molecule has 0 unspecified atom stereocenters. The molecular weight excluding hydrogens is 253 g/mol. The van der Waals surface area contributed by atoms with Gasteiger partial charge in [0.25, 0.3) is 7.41 Å². The van der Waals surface area contributed by atoms with Crippen molar-refractivity contribution in [1.29, 1.82) is 0 Å². The van der Waals surface area contributed by atoms with E-state index in [2.05, 4.69) is 39.8 Å². The van der Waals surface area contributed by atoms with Crippen LogP contribution in [0.5, 0.6) is 0 Å². The van der Waals surface area contributed by atoms with Gasteiger partial charge in [-0.25, -0.2) is 0 Å². The van der Waals surface area contributed by atoms with E-state index in [0.29, 0.717) is 0 Å². The minimum atomic E-state index is 0.288. The highest BCUT2D eigenvalue weighted by molar-refractivity contribution is 9.10. The van der Waals surface area contributed by atoms with Gasteiger partial charge in [-0.2, -0.15) is 0 Å². The molecule has 0 saturated heterocycles. The van der Waals surface area contributed by atoms with Crippen LogP contribution in [-0.4, -0.2) is 25.0 Å². The maximum Gasteiger partial charge on any atom is 0.293 e. The van der Waals surface area contributed by atoms with E-state index in [1.165, 1.54) is 15.6 Å². The Labute approximate surface area is 99.0 Å². The zero-order valence-electron chi connectivity index (χ0n) is 8.61. The van der Waals surface area contributed by atoms with E-state index in [9.17, 15) is 4.79 Å². The molecule has 4 heteroatoms. The second-order valence-electron chi connectivity index (χ2n) is 3.76. The van der Waals surface area contributed by atoms with Crippen LogP contribution >= 0.6 is 15.9 Å². The number of fused-ring (bicyclic) bond motifs is 1. The van der Waals surface area contributed by atoms with Crippen molar-refractivity contribution < 1.29 is 4.79 Å². The van der Waals surface area contributed by atoms with Crippen molar-refractivity contribution in [3.8, 4) is 0 Å². The molecule has 1 aromatic rings. The fraction of sp³-hybridized carbons (Fsp3) is 0.364. The van der Waals surface area contributed by atoms with Crippen molar-refractivity contribution in [3.05, 3.63) is 33.8 Å². The van der Waals surface area contributed by atoms with E-state index < -0.39 is 0 Å². The van der Waals surface area contributed by atoms with Crippen molar-refractivity contribution in [2.75, 3.05) is 6.54 Å². The molecule has 1 heterocycles. The first kappa shape index (κ1) is 10.9. The average molecular weight is 265 g/mol. The molecule has 0 amide bonds. The Kier molecular flexibility index (Phi) is 3.27. The maximum absolute atomic E-state index is 10.5. The van der Waals surface area contributed by atoms with E-state index in [1.54, 1.807) is 7.41 Å². The van der Waals surface area contributed by atoms with E-state index in [-0.39, 0.29) is 6.04 Å². The summed E-state index contributed by atoms with van der Waals surface area (Å²) in [5.41, 5.74) is 2.69. The second-order valence-corrected chi connectivity index (χ2v) is 4.61. The molecule has 1 aromatic carbocycles. The zero-order valence-corrected chi connectivity index (χ0v) is 10.2. The highest BCUT2D eigenvalue weighted by Crippen LogP contribution is 2.32. The average Bonchev–Trinajstić information content (AvgIpc) is 2.23. The van der Waals surface area contributed by atoms with E-state index >= 15 is 0 Å². The molecular formula is C11H12BBrNO. The summed E-state index contributed by atoms with van der Waals surface area (Å²) in [5, 5.41) is 0. The van der Waals surface area contributed by atoms with Crippen LogP contribution in [0.25, 0.3) is 0 Å². The number of benzene rings is 1. The van der Waals surface area contributed by atoms with E-state index in [1.807, 2.05) is 6.07 Å². The van der Waals surface area contributed by atoms with Gasteiger partial charge in [0.1, 0.15) is 0 Å². The minimum Gasteiger partial charge on any atom is -0.333 e. The molecule has 1 atom stereocenters. The molecule has 15 heavy (non-hydrogen) atoms. The van der Waals surface area contributed by atoms with E-state index in [4.69, 9.17) is 0 Å². The monoisotopic (exact) mass is 264 g/mol. The first-order valence-corrected chi connectivity index (χ1v) is 5.85.